The van der Waals surface area contributed by atoms with Gasteiger partial charge in [0.2, 0.25) is 11.8 Å². The highest BCUT2D eigenvalue weighted by molar-refractivity contribution is 6.33. The lowest BCUT2D eigenvalue weighted by atomic mass is 9.81. The van der Waals surface area contributed by atoms with E-state index >= 15 is 0 Å². The van der Waals surface area contributed by atoms with Crippen LogP contribution in [-0.2, 0) is 14.3 Å². The lowest BCUT2D eigenvalue weighted by Gasteiger charge is -2.19. The van der Waals surface area contributed by atoms with E-state index in [1.54, 1.807) is 6.07 Å². The van der Waals surface area contributed by atoms with Crippen molar-refractivity contribution in [2.75, 3.05) is 12.0 Å². The third-order valence-electron chi connectivity index (χ3n) is 4.68. The summed E-state index contributed by atoms with van der Waals surface area (Å²) >= 11 is 6.06. The number of nitrogens with one attached hydrogen (secondary N) is 1. The Bertz CT molecular complexity index is 593. The van der Waals surface area contributed by atoms with Crippen LogP contribution in [0, 0.1) is 11.8 Å². The number of nitrogens with zero attached hydrogens (tertiary/aromatic N) is 1. The quantitative estimate of drug-likeness (QED) is 0.866. The van der Waals surface area contributed by atoms with E-state index in [9.17, 15) is 9.59 Å². The Morgan fingerprint density at radius 2 is 1.76 bits per heavy atom. The minimum absolute atomic E-state index is 0.0678. The van der Waals surface area contributed by atoms with E-state index in [4.69, 9.17) is 16.3 Å². The van der Waals surface area contributed by atoms with Crippen molar-refractivity contribution in [3.8, 4) is 0 Å². The van der Waals surface area contributed by atoms with Gasteiger partial charge < -0.3 is 10.1 Å². The van der Waals surface area contributed by atoms with Crippen molar-refractivity contribution in [2.45, 2.75) is 25.0 Å². The number of ether oxygens (including phenoxy) is 1. The van der Waals surface area contributed by atoms with Crippen molar-refractivity contribution in [2.24, 2.45) is 11.8 Å². The van der Waals surface area contributed by atoms with Gasteiger partial charge in [-0.05, 0) is 25.0 Å². The van der Waals surface area contributed by atoms with Gasteiger partial charge in [0.15, 0.2) is 0 Å². The molecule has 2 bridgehead atoms. The van der Waals surface area contributed by atoms with E-state index in [0.717, 1.165) is 18.5 Å². The van der Waals surface area contributed by atoms with Crippen LogP contribution in [0.3, 0.4) is 0 Å². The molecule has 0 spiro atoms. The summed E-state index contributed by atoms with van der Waals surface area (Å²) in [5, 5.41) is 3.64. The molecule has 0 aliphatic carbocycles. The molecule has 1 N–H and O–H groups in total. The summed E-state index contributed by atoms with van der Waals surface area (Å²) in [6, 6.07) is 7.27. The topological polar surface area (TPSA) is 58.6 Å². The SMILES string of the molecule is O=C1[C@@H]2[C@@H](C(=O)N1CNc1ccccc1Cl)[C@H]1CC[C@H]2O1. The van der Waals surface area contributed by atoms with E-state index in [1.807, 2.05) is 18.2 Å². The Morgan fingerprint density at radius 1 is 1.14 bits per heavy atom. The van der Waals surface area contributed by atoms with Crippen molar-refractivity contribution >= 4 is 29.1 Å². The molecule has 0 unspecified atom stereocenters. The zero-order valence-electron chi connectivity index (χ0n) is 11.3. The summed E-state index contributed by atoms with van der Waals surface area (Å²) in [7, 11) is 0. The van der Waals surface area contributed by atoms with Crippen molar-refractivity contribution in [3.05, 3.63) is 29.3 Å². The normalized spacial score (nSPS) is 33.7. The second-order valence-electron chi connectivity index (χ2n) is 5.76. The summed E-state index contributed by atoms with van der Waals surface area (Å²) < 4.78 is 5.70. The summed E-state index contributed by atoms with van der Waals surface area (Å²) in [4.78, 5) is 26.2. The van der Waals surface area contributed by atoms with Crippen LogP contribution in [0.5, 0.6) is 0 Å². The molecule has 3 heterocycles. The third-order valence-corrected chi connectivity index (χ3v) is 5.01. The Labute approximate surface area is 127 Å². The molecule has 1 aromatic carbocycles. The maximum atomic E-state index is 12.4. The number of likely N-dealkylation sites (tertiary alicyclic amines) is 1. The minimum Gasteiger partial charge on any atom is -0.373 e. The van der Waals surface area contributed by atoms with E-state index in [0.29, 0.717) is 5.02 Å². The van der Waals surface area contributed by atoms with Gasteiger partial charge in [0, 0.05) is 0 Å². The highest BCUT2D eigenvalue weighted by Crippen LogP contribution is 2.48. The zero-order chi connectivity index (χ0) is 14.6. The summed E-state index contributed by atoms with van der Waals surface area (Å²) in [5.74, 6) is -0.776. The highest BCUT2D eigenvalue weighted by atomic mass is 35.5. The molecule has 6 heteroatoms. The second kappa shape index (κ2) is 4.71. The first kappa shape index (κ1) is 13.1. The summed E-state index contributed by atoms with van der Waals surface area (Å²) in [5.41, 5.74) is 0.719. The van der Waals surface area contributed by atoms with Gasteiger partial charge in [-0.3, -0.25) is 14.5 Å². The molecular formula is C15H15ClN2O3. The van der Waals surface area contributed by atoms with Gasteiger partial charge in [0.25, 0.3) is 0 Å². The number of para-hydroxylation sites is 1. The first-order valence-electron chi connectivity index (χ1n) is 7.16. The van der Waals surface area contributed by atoms with Crippen molar-refractivity contribution < 1.29 is 14.3 Å². The summed E-state index contributed by atoms with van der Waals surface area (Å²) in [6.07, 6.45) is 1.64. The average molecular weight is 307 g/mol. The molecule has 3 fully saturated rings. The van der Waals surface area contributed by atoms with Gasteiger partial charge >= 0.3 is 0 Å². The number of hydrogen-bond acceptors (Lipinski definition) is 4. The van der Waals surface area contributed by atoms with Gasteiger partial charge in [-0.1, -0.05) is 23.7 Å². The fourth-order valence-electron chi connectivity index (χ4n) is 3.70. The number of halogens is 1. The van der Waals surface area contributed by atoms with Crippen LogP contribution < -0.4 is 5.32 Å². The van der Waals surface area contributed by atoms with Gasteiger partial charge in [0.1, 0.15) is 0 Å². The zero-order valence-corrected chi connectivity index (χ0v) is 12.0. The predicted octanol–water partition coefficient (Wildman–Crippen LogP) is 1.87. The van der Waals surface area contributed by atoms with Crippen LogP contribution in [0.2, 0.25) is 5.02 Å². The van der Waals surface area contributed by atoms with E-state index in [1.165, 1.54) is 4.90 Å². The lowest BCUT2D eigenvalue weighted by Crippen LogP contribution is -2.38. The first-order valence-corrected chi connectivity index (χ1v) is 7.53. The molecular weight excluding hydrogens is 292 g/mol. The fourth-order valence-corrected chi connectivity index (χ4v) is 3.90. The third kappa shape index (κ3) is 1.88. The minimum atomic E-state index is -0.274. The van der Waals surface area contributed by atoms with Crippen LogP contribution in [0.1, 0.15) is 12.8 Å². The van der Waals surface area contributed by atoms with E-state index in [-0.39, 0.29) is 42.5 Å². The molecule has 3 saturated heterocycles. The molecule has 0 aromatic heterocycles. The number of carbonyl (C=O) groups is 2. The predicted molar refractivity (Wildman–Crippen MR) is 76.7 cm³/mol. The molecule has 4 atom stereocenters. The van der Waals surface area contributed by atoms with Crippen LogP contribution >= 0.6 is 11.6 Å². The molecule has 5 nitrogen and oxygen atoms in total. The lowest BCUT2D eigenvalue weighted by molar-refractivity contribution is -0.142. The molecule has 1 aromatic rings. The smallest absolute Gasteiger partial charge is 0.237 e. The molecule has 0 radical (unpaired) electrons. The monoisotopic (exact) mass is 306 g/mol. The van der Waals surface area contributed by atoms with E-state index in [2.05, 4.69) is 5.32 Å². The number of fused-ring (bicyclic) bond motifs is 5. The van der Waals surface area contributed by atoms with Gasteiger partial charge in [-0.25, -0.2) is 0 Å². The number of hydrogen-bond donors (Lipinski definition) is 1. The van der Waals surface area contributed by atoms with Crippen molar-refractivity contribution in [1.82, 2.24) is 4.90 Å². The second-order valence-corrected chi connectivity index (χ2v) is 6.17. The molecule has 4 rings (SSSR count). The maximum absolute atomic E-state index is 12.4. The number of anilines is 1. The standard InChI is InChI=1S/C15H15ClN2O3/c16-8-3-1-2-4-9(8)17-7-18-14(19)12-10-5-6-11(21-10)13(12)15(18)20/h1-4,10-13,17H,5-7H2/t10-,11-,12+,13+/m1/s1. The number of amides is 2. The average Bonchev–Trinajstić information content (AvgIpc) is 3.14. The number of rotatable bonds is 3. The Balaban J connectivity index is 1.51. The highest BCUT2D eigenvalue weighted by Gasteiger charge is 2.62. The first-order chi connectivity index (χ1) is 10.2. The Morgan fingerprint density at radius 3 is 2.38 bits per heavy atom. The number of imide groups is 1. The van der Waals surface area contributed by atoms with Gasteiger partial charge in [0.05, 0.1) is 41.4 Å². The largest absolute Gasteiger partial charge is 0.373 e. The van der Waals surface area contributed by atoms with Crippen LogP contribution in [0.4, 0.5) is 5.69 Å². The molecule has 3 aliphatic rings. The number of carbonyl (C=O) groups excluding carboxylic acids is 2. The van der Waals surface area contributed by atoms with Gasteiger partial charge in [-0.2, -0.15) is 0 Å². The van der Waals surface area contributed by atoms with Crippen molar-refractivity contribution in [1.29, 1.82) is 0 Å². The van der Waals surface area contributed by atoms with E-state index < -0.39 is 0 Å². The van der Waals surface area contributed by atoms with Crippen molar-refractivity contribution in [3.63, 3.8) is 0 Å². The van der Waals surface area contributed by atoms with Crippen LogP contribution in [0.25, 0.3) is 0 Å². The van der Waals surface area contributed by atoms with Crippen LogP contribution in [0.15, 0.2) is 24.3 Å². The molecule has 21 heavy (non-hydrogen) atoms. The Kier molecular flexibility index (Phi) is 2.94. The maximum Gasteiger partial charge on any atom is 0.237 e. The molecule has 110 valence electrons. The van der Waals surface area contributed by atoms with Gasteiger partial charge in [-0.15, -0.1) is 0 Å². The molecule has 2 amide bonds. The van der Waals surface area contributed by atoms with Crippen LogP contribution in [-0.4, -0.2) is 35.6 Å². The Hall–Kier alpha value is -1.59. The fraction of sp³-hybridized carbons (Fsp3) is 0.467. The number of benzene rings is 1. The summed E-state index contributed by atoms with van der Waals surface area (Å²) in [6.45, 7) is 0.161. The molecule has 3 aliphatic heterocycles. The molecule has 0 saturated carbocycles.